The maximum absolute atomic E-state index is 4.71. The summed E-state index contributed by atoms with van der Waals surface area (Å²) < 4.78 is 0.333. The molecule has 1 unspecified atom stereocenters. The fraction of sp³-hybridized carbons (Fsp3) is 0.444. The van der Waals surface area contributed by atoms with Crippen LogP contribution >= 0.6 is 47.1 Å². The van der Waals surface area contributed by atoms with Gasteiger partial charge in [-0.25, -0.2) is 4.98 Å². The van der Waals surface area contributed by atoms with Crippen LogP contribution in [-0.4, -0.2) is 35.0 Å². The Morgan fingerprint density at radius 2 is 2.08 bits per heavy atom. The number of rotatable bonds is 5. The SMILES string of the molecule is CN=C(NCc1nc(-c2ccccc2)cs1)NCC1(C)CCCS1.I. The van der Waals surface area contributed by atoms with Crippen molar-refractivity contribution < 1.29 is 0 Å². The van der Waals surface area contributed by atoms with Gasteiger partial charge in [0, 0.05) is 29.3 Å². The molecule has 2 heterocycles. The lowest BCUT2D eigenvalue weighted by atomic mass is 10.1. The monoisotopic (exact) mass is 488 g/mol. The highest BCUT2D eigenvalue weighted by atomic mass is 127. The number of guanidine groups is 1. The number of hydrogen-bond acceptors (Lipinski definition) is 4. The fourth-order valence-corrected chi connectivity index (χ4v) is 4.75. The van der Waals surface area contributed by atoms with Crippen molar-refractivity contribution >= 4 is 53.0 Å². The van der Waals surface area contributed by atoms with Crippen molar-refractivity contribution in [2.24, 2.45) is 4.99 Å². The Balaban J connectivity index is 0.00000225. The quantitative estimate of drug-likeness (QED) is 0.373. The third-order valence-corrected chi connectivity index (χ3v) is 6.57. The number of aliphatic imine (C=N–C) groups is 1. The summed E-state index contributed by atoms with van der Waals surface area (Å²) in [5, 5.41) is 10.0. The number of halogens is 1. The molecule has 2 N–H and O–H groups in total. The van der Waals surface area contributed by atoms with Crippen LogP contribution < -0.4 is 10.6 Å². The molecule has 1 aromatic carbocycles. The van der Waals surface area contributed by atoms with Crippen LogP contribution in [0, 0.1) is 0 Å². The Morgan fingerprint density at radius 3 is 2.76 bits per heavy atom. The first-order valence-corrected chi connectivity index (χ1v) is 10.1. The summed E-state index contributed by atoms with van der Waals surface area (Å²) >= 11 is 3.74. The lowest BCUT2D eigenvalue weighted by Crippen LogP contribution is -2.43. The van der Waals surface area contributed by atoms with Crippen LogP contribution in [0.5, 0.6) is 0 Å². The van der Waals surface area contributed by atoms with Crippen LogP contribution in [0.2, 0.25) is 0 Å². The van der Waals surface area contributed by atoms with E-state index in [0.717, 1.165) is 28.8 Å². The third-order valence-electron chi connectivity index (χ3n) is 4.18. The van der Waals surface area contributed by atoms with Gasteiger partial charge in [0.1, 0.15) is 5.01 Å². The summed E-state index contributed by atoms with van der Waals surface area (Å²) in [5.74, 6) is 2.12. The molecule has 25 heavy (non-hydrogen) atoms. The number of thioether (sulfide) groups is 1. The van der Waals surface area contributed by atoms with E-state index in [4.69, 9.17) is 4.98 Å². The van der Waals surface area contributed by atoms with Gasteiger partial charge in [0.25, 0.3) is 0 Å². The first-order chi connectivity index (χ1) is 11.7. The Morgan fingerprint density at radius 1 is 1.28 bits per heavy atom. The lowest BCUT2D eigenvalue weighted by molar-refractivity contribution is 0.584. The van der Waals surface area contributed by atoms with Crippen LogP contribution in [0.1, 0.15) is 24.8 Å². The molecule has 0 radical (unpaired) electrons. The molecule has 1 fully saturated rings. The van der Waals surface area contributed by atoms with Crippen molar-refractivity contribution in [3.8, 4) is 11.3 Å². The van der Waals surface area contributed by atoms with Crippen LogP contribution in [-0.2, 0) is 6.54 Å². The van der Waals surface area contributed by atoms with Gasteiger partial charge >= 0.3 is 0 Å². The van der Waals surface area contributed by atoms with Gasteiger partial charge in [0.05, 0.1) is 12.2 Å². The normalized spacial score (nSPS) is 20.2. The molecule has 0 amide bonds. The van der Waals surface area contributed by atoms with Crippen molar-refractivity contribution in [1.29, 1.82) is 0 Å². The smallest absolute Gasteiger partial charge is 0.191 e. The first-order valence-electron chi connectivity index (χ1n) is 8.27. The van der Waals surface area contributed by atoms with Gasteiger partial charge in [-0.2, -0.15) is 11.8 Å². The highest BCUT2D eigenvalue weighted by Gasteiger charge is 2.29. The minimum atomic E-state index is 0. The number of nitrogens with one attached hydrogen (secondary N) is 2. The van der Waals surface area contributed by atoms with E-state index < -0.39 is 0 Å². The summed E-state index contributed by atoms with van der Waals surface area (Å²) in [6.45, 7) is 3.98. The molecule has 1 saturated heterocycles. The summed E-state index contributed by atoms with van der Waals surface area (Å²) in [7, 11) is 1.82. The van der Waals surface area contributed by atoms with E-state index in [0.29, 0.717) is 11.3 Å². The zero-order chi connectivity index (χ0) is 16.8. The van der Waals surface area contributed by atoms with E-state index in [-0.39, 0.29) is 24.0 Å². The molecule has 136 valence electrons. The topological polar surface area (TPSA) is 49.3 Å². The molecule has 1 aliphatic heterocycles. The molecule has 1 aromatic heterocycles. The van der Waals surface area contributed by atoms with E-state index in [1.165, 1.54) is 18.6 Å². The average Bonchev–Trinajstić information content (AvgIpc) is 3.26. The van der Waals surface area contributed by atoms with Crippen molar-refractivity contribution in [1.82, 2.24) is 15.6 Å². The molecule has 0 saturated carbocycles. The summed E-state index contributed by atoms with van der Waals surface area (Å²) in [5.41, 5.74) is 2.20. The number of nitrogens with zero attached hydrogens (tertiary/aromatic N) is 2. The lowest BCUT2D eigenvalue weighted by Gasteiger charge is -2.24. The zero-order valence-corrected chi connectivity index (χ0v) is 18.6. The summed E-state index contributed by atoms with van der Waals surface area (Å²) in [6.07, 6.45) is 2.59. The van der Waals surface area contributed by atoms with Gasteiger partial charge in [-0.1, -0.05) is 30.3 Å². The second kappa shape index (κ2) is 9.78. The standard InChI is InChI=1S/C18H24N4S2.HI/c1-18(9-6-10-24-18)13-21-17(19-2)20-11-16-22-15(12-23-16)14-7-4-3-5-8-14;/h3-5,7-8,12H,6,9-11,13H2,1-2H3,(H2,19,20,21);1H. The molecule has 1 atom stereocenters. The van der Waals surface area contributed by atoms with Crippen molar-refractivity contribution in [3.05, 3.63) is 40.7 Å². The largest absolute Gasteiger partial charge is 0.355 e. The summed E-state index contributed by atoms with van der Waals surface area (Å²) in [6, 6.07) is 10.3. The zero-order valence-electron chi connectivity index (χ0n) is 14.6. The predicted molar refractivity (Wildman–Crippen MR) is 121 cm³/mol. The summed E-state index contributed by atoms with van der Waals surface area (Å²) in [4.78, 5) is 9.03. The van der Waals surface area contributed by atoms with Gasteiger partial charge in [-0.15, -0.1) is 35.3 Å². The number of benzene rings is 1. The average molecular weight is 488 g/mol. The molecule has 3 rings (SSSR count). The Bertz CT molecular complexity index is 681. The molecule has 1 aliphatic rings. The highest BCUT2D eigenvalue weighted by molar-refractivity contribution is 14.0. The number of aromatic nitrogens is 1. The molecule has 0 aliphatic carbocycles. The van der Waals surface area contributed by atoms with E-state index in [2.05, 4.69) is 51.8 Å². The van der Waals surface area contributed by atoms with Crippen molar-refractivity contribution in [2.75, 3.05) is 19.3 Å². The molecule has 7 heteroatoms. The molecule has 0 bridgehead atoms. The van der Waals surface area contributed by atoms with Gasteiger partial charge in [0.15, 0.2) is 5.96 Å². The Hall–Kier alpha value is -0.800. The van der Waals surface area contributed by atoms with E-state index in [1.807, 2.05) is 25.2 Å². The van der Waals surface area contributed by atoms with E-state index >= 15 is 0 Å². The van der Waals surface area contributed by atoms with Gasteiger partial charge in [-0.3, -0.25) is 4.99 Å². The van der Waals surface area contributed by atoms with Gasteiger partial charge < -0.3 is 10.6 Å². The van der Waals surface area contributed by atoms with Crippen LogP contribution in [0.15, 0.2) is 40.7 Å². The molecular formula is C18H25IN4S2. The van der Waals surface area contributed by atoms with Gasteiger partial charge in [0.2, 0.25) is 0 Å². The van der Waals surface area contributed by atoms with Crippen LogP contribution in [0.25, 0.3) is 11.3 Å². The highest BCUT2D eigenvalue weighted by Crippen LogP contribution is 2.36. The second-order valence-corrected chi connectivity index (χ2v) is 8.80. The maximum Gasteiger partial charge on any atom is 0.191 e. The Kier molecular flexibility index (Phi) is 8.02. The molecule has 4 nitrogen and oxygen atoms in total. The van der Waals surface area contributed by atoms with Crippen molar-refractivity contribution in [3.63, 3.8) is 0 Å². The molecule has 0 spiro atoms. The maximum atomic E-state index is 4.71. The van der Waals surface area contributed by atoms with Gasteiger partial charge in [-0.05, 0) is 25.5 Å². The minimum absolute atomic E-state index is 0. The number of thiazole rings is 1. The fourth-order valence-electron chi connectivity index (χ4n) is 2.76. The third kappa shape index (κ3) is 5.86. The first kappa shape index (κ1) is 20.5. The Labute approximate surface area is 175 Å². The molecule has 2 aromatic rings. The van der Waals surface area contributed by atoms with E-state index in [9.17, 15) is 0 Å². The number of hydrogen-bond donors (Lipinski definition) is 2. The second-order valence-electron chi connectivity index (χ2n) is 6.17. The van der Waals surface area contributed by atoms with Crippen LogP contribution in [0.4, 0.5) is 0 Å². The predicted octanol–water partition coefficient (Wildman–Crippen LogP) is 4.38. The minimum Gasteiger partial charge on any atom is -0.355 e. The van der Waals surface area contributed by atoms with Crippen LogP contribution in [0.3, 0.4) is 0 Å². The van der Waals surface area contributed by atoms with E-state index in [1.54, 1.807) is 11.3 Å². The molecular weight excluding hydrogens is 463 g/mol. The van der Waals surface area contributed by atoms with Crippen molar-refractivity contribution in [2.45, 2.75) is 31.1 Å².